The Kier molecular flexibility index (Phi) is 14.9. The predicted molar refractivity (Wildman–Crippen MR) is 112 cm³/mol. The topological polar surface area (TPSA) is 102 Å². The van der Waals surface area contributed by atoms with E-state index in [-0.39, 0.29) is 18.1 Å². The monoisotopic (exact) mass is 383 g/mol. The largest absolute Gasteiger partial charge is 0.466 e. The van der Waals surface area contributed by atoms with Gasteiger partial charge in [-0.15, -0.1) is 0 Å². The van der Waals surface area contributed by atoms with Crippen LogP contribution in [0.25, 0.3) is 0 Å². The third-order valence-corrected chi connectivity index (χ3v) is 4.71. The number of hydrogen-bond acceptors (Lipinski definition) is 6. The van der Waals surface area contributed by atoms with E-state index in [4.69, 9.17) is 21.3 Å². The molecule has 0 aromatic carbocycles. The van der Waals surface area contributed by atoms with E-state index >= 15 is 0 Å². The van der Waals surface area contributed by atoms with Crippen molar-refractivity contribution in [3.05, 3.63) is 23.4 Å². The number of methoxy groups -OCH3 is 1. The standard InChI is InChI=1S/C13H23N3O2.C6H12O.C2H6/c1-10(8-14)7-11(13(17)18-2)9-16-5-3-12(15)4-6-16;7-6-4-2-1-3-5-6;1-2/h7-8,12H,3-6,9,14-15H2,1-2H3;6-7H,1-5H2;1-2H3/b10-8-,11-7+;;. The van der Waals surface area contributed by atoms with E-state index in [0.29, 0.717) is 12.1 Å². The van der Waals surface area contributed by atoms with Crippen LogP contribution in [0.1, 0.15) is 65.7 Å². The van der Waals surface area contributed by atoms with Gasteiger partial charge in [-0.1, -0.05) is 33.1 Å². The molecular weight excluding hydrogens is 342 g/mol. The Labute approximate surface area is 165 Å². The van der Waals surface area contributed by atoms with Crippen LogP contribution < -0.4 is 11.5 Å². The highest BCUT2D eigenvalue weighted by Crippen LogP contribution is 2.16. The number of ether oxygens (including phenoxy) is 1. The molecule has 6 nitrogen and oxygen atoms in total. The van der Waals surface area contributed by atoms with Crippen molar-refractivity contribution in [2.75, 3.05) is 26.7 Å². The molecule has 1 aliphatic carbocycles. The van der Waals surface area contributed by atoms with Gasteiger partial charge >= 0.3 is 5.97 Å². The van der Waals surface area contributed by atoms with E-state index in [1.807, 2.05) is 20.8 Å². The van der Waals surface area contributed by atoms with E-state index < -0.39 is 0 Å². The molecule has 5 N–H and O–H groups in total. The van der Waals surface area contributed by atoms with Gasteiger partial charge in [0, 0.05) is 12.6 Å². The summed E-state index contributed by atoms with van der Waals surface area (Å²) in [6.07, 6.45) is 11.1. The summed E-state index contributed by atoms with van der Waals surface area (Å²) in [6.45, 7) is 8.28. The lowest BCUT2D eigenvalue weighted by atomic mass is 9.98. The summed E-state index contributed by atoms with van der Waals surface area (Å²) in [6, 6.07) is 0.289. The number of aliphatic hydroxyl groups is 1. The number of esters is 1. The lowest BCUT2D eigenvalue weighted by molar-refractivity contribution is -0.136. The van der Waals surface area contributed by atoms with E-state index in [1.54, 1.807) is 6.08 Å². The molecule has 0 amide bonds. The first-order valence-corrected chi connectivity index (χ1v) is 10.3. The molecule has 2 rings (SSSR count). The fourth-order valence-electron chi connectivity index (χ4n) is 3.06. The molecule has 0 spiro atoms. The van der Waals surface area contributed by atoms with Gasteiger partial charge in [0.2, 0.25) is 0 Å². The molecule has 27 heavy (non-hydrogen) atoms. The van der Waals surface area contributed by atoms with Crippen LogP contribution >= 0.6 is 0 Å². The van der Waals surface area contributed by atoms with Gasteiger partial charge in [-0.25, -0.2) is 4.79 Å². The van der Waals surface area contributed by atoms with Crippen LogP contribution in [0.15, 0.2) is 23.4 Å². The van der Waals surface area contributed by atoms with Crippen LogP contribution in [0.4, 0.5) is 0 Å². The summed E-state index contributed by atoms with van der Waals surface area (Å²) in [5.74, 6) is -0.300. The summed E-state index contributed by atoms with van der Waals surface area (Å²) in [4.78, 5) is 13.9. The van der Waals surface area contributed by atoms with Crippen molar-refractivity contribution < 1.29 is 14.6 Å². The third-order valence-electron chi connectivity index (χ3n) is 4.71. The Morgan fingerprint density at radius 1 is 1.15 bits per heavy atom. The second-order valence-corrected chi connectivity index (χ2v) is 6.98. The normalized spacial score (nSPS) is 20.1. The zero-order chi connectivity index (χ0) is 20.7. The van der Waals surface area contributed by atoms with Crippen molar-refractivity contribution in [2.24, 2.45) is 11.5 Å². The number of nitrogens with zero attached hydrogens (tertiary/aromatic N) is 1. The van der Waals surface area contributed by atoms with Gasteiger partial charge in [-0.2, -0.15) is 0 Å². The molecule has 0 atom stereocenters. The molecule has 2 aliphatic rings. The van der Waals surface area contributed by atoms with Crippen molar-refractivity contribution in [3.63, 3.8) is 0 Å². The summed E-state index contributed by atoms with van der Waals surface area (Å²) in [7, 11) is 1.39. The summed E-state index contributed by atoms with van der Waals surface area (Å²) in [5, 5.41) is 8.91. The van der Waals surface area contributed by atoms with E-state index in [0.717, 1.165) is 44.3 Å². The zero-order valence-corrected chi connectivity index (χ0v) is 17.7. The smallest absolute Gasteiger partial charge is 0.335 e. The quantitative estimate of drug-likeness (QED) is 0.392. The Morgan fingerprint density at radius 3 is 2.11 bits per heavy atom. The lowest BCUT2D eigenvalue weighted by Crippen LogP contribution is -2.41. The number of nitrogens with two attached hydrogens (primary N) is 2. The minimum absolute atomic E-state index is 0.0359. The average molecular weight is 384 g/mol. The molecule has 1 saturated carbocycles. The SMILES string of the molecule is CC.COC(=O)/C(=C/C(C)=C\N)CN1CCC(N)CC1.OC1CCCCC1. The van der Waals surface area contributed by atoms with Gasteiger partial charge in [0.25, 0.3) is 0 Å². The predicted octanol–water partition coefficient (Wildman–Crippen LogP) is 2.71. The fourth-order valence-corrected chi connectivity index (χ4v) is 3.06. The maximum atomic E-state index is 11.7. The van der Waals surface area contributed by atoms with Crippen molar-refractivity contribution in [3.8, 4) is 0 Å². The molecule has 6 heteroatoms. The van der Waals surface area contributed by atoms with Crippen molar-refractivity contribution in [2.45, 2.75) is 77.9 Å². The van der Waals surface area contributed by atoms with Gasteiger partial charge in [-0.05, 0) is 63.5 Å². The zero-order valence-electron chi connectivity index (χ0n) is 17.7. The summed E-state index contributed by atoms with van der Waals surface area (Å²) < 4.78 is 4.79. The minimum atomic E-state index is -0.300. The molecule has 0 bridgehead atoms. The number of likely N-dealkylation sites (tertiary alicyclic amines) is 1. The second kappa shape index (κ2) is 15.7. The van der Waals surface area contributed by atoms with Gasteiger partial charge in [-0.3, -0.25) is 4.90 Å². The number of rotatable bonds is 4. The number of allylic oxidation sites excluding steroid dienone is 2. The van der Waals surface area contributed by atoms with Crippen LogP contribution in [0.3, 0.4) is 0 Å². The van der Waals surface area contributed by atoms with Crippen molar-refractivity contribution >= 4 is 5.97 Å². The number of carbonyl (C=O) groups excluding carboxylic acids is 1. The van der Waals surface area contributed by atoms with Crippen LogP contribution in [0, 0.1) is 0 Å². The van der Waals surface area contributed by atoms with Gasteiger partial charge in [0.1, 0.15) is 0 Å². The molecule has 1 aliphatic heterocycles. The number of piperidine rings is 1. The number of carbonyl (C=O) groups is 1. The molecule has 1 heterocycles. The molecule has 0 radical (unpaired) electrons. The Hall–Kier alpha value is -1.37. The Balaban J connectivity index is 0.000000621. The third kappa shape index (κ3) is 11.8. The molecule has 158 valence electrons. The Morgan fingerprint density at radius 2 is 1.70 bits per heavy atom. The van der Waals surface area contributed by atoms with Crippen LogP contribution in [0.2, 0.25) is 0 Å². The van der Waals surface area contributed by atoms with Gasteiger partial charge < -0.3 is 21.3 Å². The number of hydrogen-bond donors (Lipinski definition) is 3. The highest BCUT2D eigenvalue weighted by molar-refractivity contribution is 5.89. The van der Waals surface area contributed by atoms with Crippen molar-refractivity contribution in [1.29, 1.82) is 0 Å². The van der Waals surface area contributed by atoms with E-state index in [9.17, 15) is 4.79 Å². The highest BCUT2D eigenvalue weighted by Gasteiger charge is 2.19. The molecule has 0 aromatic heterocycles. The number of aliphatic hydroxyl groups excluding tert-OH is 1. The van der Waals surface area contributed by atoms with Crippen LogP contribution in [0.5, 0.6) is 0 Å². The van der Waals surface area contributed by atoms with Crippen molar-refractivity contribution in [1.82, 2.24) is 4.90 Å². The maximum Gasteiger partial charge on any atom is 0.335 e. The second-order valence-electron chi connectivity index (χ2n) is 6.98. The van der Waals surface area contributed by atoms with Gasteiger partial charge in [0.15, 0.2) is 0 Å². The first-order chi connectivity index (χ1) is 13.0. The van der Waals surface area contributed by atoms with Crippen LogP contribution in [-0.2, 0) is 9.53 Å². The van der Waals surface area contributed by atoms with E-state index in [2.05, 4.69) is 4.90 Å². The van der Waals surface area contributed by atoms with Gasteiger partial charge in [0.05, 0.1) is 18.8 Å². The highest BCUT2D eigenvalue weighted by atomic mass is 16.5. The minimum Gasteiger partial charge on any atom is -0.466 e. The summed E-state index contributed by atoms with van der Waals surface area (Å²) >= 11 is 0. The fraction of sp³-hybridized carbons (Fsp3) is 0.762. The summed E-state index contributed by atoms with van der Waals surface area (Å²) in [5.41, 5.74) is 12.8. The molecular formula is C21H41N3O3. The Bertz CT molecular complexity index is 450. The first kappa shape index (κ1) is 25.6. The molecule has 2 fully saturated rings. The molecule has 0 unspecified atom stereocenters. The van der Waals surface area contributed by atoms with Crippen LogP contribution in [-0.4, -0.2) is 54.9 Å². The lowest BCUT2D eigenvalue weighted by Gasteiger charge is -2.30. The van der Waals surface area contributed by atoms with E-state index in [1.165, 1.54) is 32.6 Å². The maximum absolute atomic E-state index is 11.7. The first-order valence-electron chi connectivity index (χ1n) is 10.3. The average Bonchev–Trinajstić information content (AvgIpc) is 2.71. The molecule has 1 saturated heterocycles. The molecule has 0 aromatic rings.